The van der Waals surface area contributed by atoms with E-state index < -0.39 is 122 Å². The zero-order chi connectivity index (χ0) is 35.6. The Balaban J connectivity index is 0.00000338. The average molecular weight is 833 g/mol. The van der Waals surface area contributed by atoms with Gasteiger partial charge in [0.2, 0.25) is 5.95 Å². The van der Waals surface area contributed by atoms with Crippen LogP contribution < -0.4 is 139 Å². The van der Waals surface area contributed by atoms with Crippen molar-refractivity contribution in [3.8, 4) is 17.8 Å². The zero-order valence-corrected chi connectivity index (χ0v) is 38.0. The Morgan fingerprint density at radius 3 is 1.75 bits per heavy atom. The van der Waals surface area contributed by atoms with Crippen molar-refractivity contribution in [3.05, 3.63) is 48.5 Å². The van der Waals surface area contributed by atoms with Crippen LogP contribution in [-0.2, 0) is 40.5 Å². The van der Waals surface area contributed by atoms with Gasteiger partial charge >= 0.3 is 118 Å². The summed E-state index contributed by atoms with van der Waals surface area (Å²) >= 11 is 0. The fourth-order valence-electron chi connectivity index (χ4n) is 4.46. The molecule has 0 aliphatic rings. The average Bonchev–Trinajstić information content (AvgIpc) is 2.93. The molecule has 1 heterocycles. The number of hydrogen-bond donors (Lipinski definition) is 4. The first-order valence-electron chi connectivity index (χ1n) is 12.1. The molecule has 0 saturated carbocycles. The van der Waals surface area contributed by atoms with Crippen LogP contribution >= 0.6 is 0 Å². The van der Waals surface area contributed by atoms with Crippen LogP contribution in [0.1, 0.15) is 0 Å². The zero-order valence-electron chi connectivity index (χ0n) is 26.7. The Kier molecular flexibility index (Phi) is 16.7. The van der Waals surface area contributed by atoms with Gasteiger partial charge in [-0.3, -0.25) is 13.7 Å². The molecule has 5 aromatic rings. The molecule has 0 aliphatic carbocycles. The van der Waals surface area contributed by atoms with Gasteiger partial charge in [0.05, 0.1) is 22.6 Å². The largest absolute Gasteiger partial charge is 1.00 e. The summed E-state index contributed by atoms with van der Waals surface area (Å²) in [5.41, 5.74) is -2.79. The third-order valence-electron chi connectivity index (χ3n) is 6.26. The minimum atomic E-state index is -5.46. The van der Waals surface area contributed by atoms with Gasteiger partial charge in [-0.25, -0.2) is 23.4 Å². The molecule has 0 atom stereocenters. The van der Waals surface area contributed by atoms with E-state index >= 15 is 0 Å². The molecule has 0 amide bonds. The van der Waals surface area contributed by atoms with Crippen LogP contribution in [0.4, 0.5) is 23.0 Å². The van der Waals surface area contributed by atoms with Gasteiger partial charge in [0.15, 0.2) is 0 Å². The van der Waals surface area contributed by atoms with E-state index in [4.69, 9.17) is 0 Å². The van der Waals surface area contributed by atoms with Crippen LogP contribution in [0.25, 0.3) is 21.5 Å². The number of hydrogen-bond acceptors (Lipinski definition) is 18. The van der Waals surface area contributed by atoms with Gasteiger partial charge in [-0.2, -0.15) is 25.3 Å². The number of nitrogens with zero attached hydrogens (tertiary/aromatic N) is 5. The second-order valence-corrected chi connectivity index (χ2v) is 14.8. The Bertz CT molecular complexity index is 2680. The van der Waals surface area contributed by atoms with Crippen LogP contribution in [0.5, 0.6) is 17.8 Å². The molecule has 4 aromatic carbocycles. The van der Waals surface area contributed by atoms with Crippen molar-refractivity contribution < 1.29 is 185 Å². The maximum atomic E-state index is 13.7. The van der Waals surface area contributed by atoms with Crippen molar-refractivity contribution in [1.82, 2.24) is 15.0 Å². The number of fused-ring (bicyclic) bond motifs is 2. The standard InChI is InChI=1S/C23H16N6O15S4.4Na/c30-19-17-9(6-10(45(33,34)35)8-14(17)24-21-25-22(31)27-23(32)26-21)7-16(47(39,40)41)18(19)29-28-13-5-4-11-12(20(13)48(42,43)44)2-1-3-15(11)46(36,37)38;;;;/h1-8,30H,(H,33,34,35)(H,36,37,38)(H,39,40,41)(H,42,43,44)(H3,24,25,26,27,31,32);;;;/q;4*+1/p-4. The van der Waals surface area contributed by atoms with E-state index in [1.165, 1.54) is 0 Å². The Labute approximate surface area is 381 Å². The fourth-order valence-corrected chi connectivity index (χ4v) is 7.18. The molecular formula is C23H12N6Na4O15S4. The molecule has 0 fully saturated rings. The number of azo groups is 1. The Morgan fingerprint density at radius 2 is 1.23 bits per heavy atom. The molecule has 0 bridgehead atoms. The van der Waals surface area contributed by atoms with Gasteiger partial charge in [0.1, 0.15) is 30.5 Å². The molecule has 252 valence electrons. The predicted octanol–water partition coefficient (Wildman–Crippen LogP) is -11.8. The van der Waals surface area contributed by atoms with Crippen molar-refractivity contribution in [2.45, 2.75) is 19.6 Å². The van der Waals surface area contributed by atoms with Crippen molar-refractivity contribution in [1.29, 1.82) is 0 Å². The Morgan fingerprint density at radius 1 is 0.654 bits per heavy atom. The third kappa shape index (κ3) is 10.6. The van der Waals surface area contributed by atoms with Crippen molar-refractivity contribution in [3.63, 3.8) is 0 Å². The topological polar surface area (TPSA) is 365 Å². The Hall–Kier alpha value is -1.15. The summed E-state index contributed by atoms with van der Waals surface area (Å²) in [4.78, 5) is 5.09. The van der Waals surface area contributed by atoms with Gasteiger partial charge < -0.3 is 25.2 Å². The van der Waals surface area contributed by atoms with E-state index in [0.29, 0.717) is 18.2 Å². The molecule has 52 heavy (non-hydrogen) atoms. The summed E-state index contributed by atoms with van der Waals surface area (Å²) in [6.45, 7) is 0. The van der Waals surface area contributed by atoms with Crippen molar-refractivity contribution in [2.75, 3.05) is 5.32 Å². The minimum absolute atomic E-state index is 0. The first-order valence-corrected chi connectivity index (χ1v) is 17.8. The molecule has 21 nitrogen and oxygen atoms in total. The molecule has 0 aliphatic heterocycles. The van der Waals surface area contributed by atoms with E-state index in [0.717, 1.165) is 30.3 Å². The molecule has 0 unspecified atom stereocenters. The minimum Gasteiger partial charge on any atom is -0.870 e. The maximum absolute atomic E-state index is 13.7. The van der Waals surface area contributed by atoms with Crippen LogP contribution in [0.2, 0.25) is 0 Å². The summed E-state index contributed by atoms with van der Waals surface area (Å²) in [6, 6.07) is 3.43. The molecule has 0 radical (unpaired) electrons. The fraction of sp³-hybridized carbons (Fsp3) is 0. The first-order chi connectivity index (χ1) is 22.1. The van der Waals surface area contributed by atoms with E-state index in [9.17, 15) is 67.2 Å². The second kappa shape index (κ2) is 17.8. The number of nitrogens with one attached hydrogen (secondary N) is 1. The number of anilines is 2. The number of aromatic nitrogens is 3. The summed E-state index contributed by atoms with van der Waals surface area (Å²) in [5.74, 6) is -2.34. The van der Waals surface area contributed by atoms with E-state index in [1.807, 2.05) is 0 Å². The van der Waals surface area contributed by atoms with Crippen LogP contribution in [-0.4, -0.2) is 66.8 Å². The predicted molar refractivity (Wildman–Crippen MR) is 151 cm³/mol. The summed E-state index contributed by atoms with van der Waals surface area (Å²) in [7, 11) is -21.1. The van der Waals surface area contributed by atoms with Gasteiger partial charge in [0.25, 0.3) is 30.4 Å². The van der Waals surface area contributed by atoms with Crippen molar-refractivity contribution in [2.24, 2.45) is 10.2 Å². The van der Waals surface area contributed by atoms with Gasteiger partial charge in [-0.05, 0) is 41.1 Å². The molecule has 0 spiro atoms. The molecule has 29 heteroatoms. The first kappa shape index (κ1) is 48.9. The molecular weight excluding hydrogens is 821 g/mol. The van der Waals surface area contributed by atoms with Crippen LogP contribution in [0.3, 0.4) is 0 Å². The van der Waals surface area contributed by atoms with E-state index in [1.54, 1.807) is 0 Å². The number of rotatable bonds is 8. The van der Waals surface area contributed by atoms with Crippen LogP contribution in [0.15, 0.2) is 78.3 Å². The number of benzene rings is 4. The van der Waals surface area contributed by atoms with E-state index in [-0.39, 0.29) is 118 Å². The molecule has 0 saturated heterocycles. The summed E-state index contributed by atoms with van der Waals surface area (Å²) in [6.07, 6.45) is 0. The maximum Gasteiger partial charge on any atom is 1.00 e. The summed E-state index contributed by atoms with van der Waals surface area (Å²) in [5, 5.41) is 43.8. The smallest absolute Gasteiger partial charge is 0.870 e. The van der Waals surface area contributed by atoms with Gasteiger partial charge in [0, 0.05) is 16.5 Å². The van der Waals surface area contributed by atoms with Crippen molar-refractivity contribution >= 4 is 85.0 Å². The molecule has 5 rings (SSSR count). The normalized spacial score (nSPS) is 12.0. The monoisotopic (exact) mass is 832 g/mol. The molecule has 1 aromatic heterocycles. The second-order valence-electron chi connectivity index (χ2n) is 9.31. The third-order valence-corrected chi connectivity index (χ3v) is 9.79. The van der Waals surface area contributed by atoms with Gasteiger partial charge in [-0.15, -0.1) is 10.2 Å². The van der Waals surface area contributed by atoms with E-state index in [2.05, 4.69) is 30.5 Å². The van der Waals surface area contributed by atoms with Crippen LogP contribution in [0, 0.1) is 0 Å². The SMILES string of the molecule is O=S(=O)([O-])c1cc(Nc2nc([O-])nc([O-])n2)c2c([O-])c(N=Nc3ccc4c(S(=O)(=O)O)cccc4c3S(=O)(=O)O)c(S(=O)(=O)O)cc2c1.[Na+].[Na+].[Na+].[Na+]. The van der Waals surface area contributed by atoms with Gasteiger partial charge in [-0.1, -0.05) is 23.9 Å². The summed E-state index contributed by atoms with van der Waals surface area (Å²) < 4.78 is 138. The quantitative estimate of drug-likeness (QED) is 0.0640. The molecule has 4 N–H and O–H groups in total.